The van der Waals surface area contributed by atoms with Gasteiger partial charge in [0.1, 0.15) is 0 Å². The molecule has 1 atom stereocenters. The molecule has 1 aromatic heterocycles. The van der Waals surface area contributed by atoms with Crippen LogP contribution in [0, 0.1) is 5.92 Å². The molecule has 2 heteroatoms. The number of anilines is 2. The Bertz CT molecular complexity index is 2350. The normalized spacial score (nSPS) is 15.0. The summed E-state index contributed by atoms with van der Waals surface area (Å²) in [5, 5.41) is 5.26. The summed E-state index contributed by atoms with van der Waals surface area (Å²) in [6.07, 6.45) is 12.4. The Kier molecular flexibility index (Phi) is 5.89. The second-order valence-electron chi connectivity index (χ2n) is 12.0. The van der Waals surface area contributed by atoms with Crippen LogP contribution in [0.3, 0.4) is 0 Å². The number of hydrogen-bond donors (Lipinski definition) is 0. The van der Waals surface area contributed by atoms with Crippen LogP contribution in [0.4, 0.5) is 11.4 Å². The Balaban J connectivity index is 1.35. The summed E-state index contributed by atoms with van der Waals surface area (Å²) in [5.74, 6) is 0.386. The van der Waals surface area contributed by atoms with E-state index in [1.165, 1.54) is 66.2 Å². The lowest BCUT2D eigenvalue weighted by Gasteiger charge is -2.28. The van der Waals surface area contributed by atoms with Gasteiger partial charge in [-0.05, 0) is 100.0 Å². The number of aromatic nitrogens is 1. The highest BCUT2D eigenvalue weighted by molar-refractivity contribution is 6.30. The minimum absolute atomic E-state index is 0.386. The third kappa shape index (κ3) is 3.96. The molecule has 6 aromatic carbocycles. The zero-order chi connectivity index (χ0) is 29.9. The first kappa shape index (κ1) is 25.9. The number of para-hydroxylation sites is 2. The molecule has 2 nitrogen and oxygen atoms in total. The Morgan fingerprint density at radius 3 is 2.16 bits per heavy atom. The average molecular weight is 577 g/mol. The molecule has 0 bridgehead atoms. The van der Waals surface area contributed by atoms with E-state index >= 15 is 0 Å². The molecular weight excluding hydrogens is 544 g/mol. The predicted octanol–water partition coefficient (Wildman–Crippen LogP) is 11.8. The van der Waals surface area contributed by atoms with Crippen LogP contribution in [0.25, 0.3) is 60.5 Å². The molecule has 2 aliphatic carbocycles. The van der Waals surface area contributed by atoms with Crippen molar-refractivity contribution in [2.75, 3.05) is 4.90 Å². The zero-order valence-corrected chi connectivity index (χ0v) is 25.2. The summed E-state index contributed by atoms with van der Waals surface area (Å²) in [6, 6.07) is 46.8. The molecule has 7 aromatic rings. The number of benzene rings is 6. The number of hydrogen-bond acceptors (Lipinski definition) is 1. The molecule has 0 saturated heterocycles. The zero-order valence-electron chi connectivity index (χ0n) is 25.2. The fourth-order valence-corrected chi connectivity index (χ4v) is 7.48. The molecule has 0 spiro atoms. The molecule has 0 amide bonds. The highest BCUT2D eigenvalue weighted by Crippen LogP contribution is 2.50. The molecule has 0 aliphatic heterocycles. The lowest BCUT2D eigenvalue weighted by atomic mass is 9.92. The first-order chi connectivity index (χ1) is 22.3. The van der Waals surface area contributed by atoms with E-state index in [-0.39, 0.29) is 0 Å². The molecule has 9 rings (SSSR count). The molecule has 0 radical (unpaired) electrons. The minimum atomic E-state index is 0.386. The van der Waals surface area contributed by atoms with Crippen molar-refractivity contribution in [1.29, 1.82) is 0 Å². The van der Waals surface area contributed by atoms with Crippen molar-refractivity contribution < 1.29 is 0 Å². The van der Waals surface area contributed by atoms with Gasteiger partial charge in [-0.1, -0.05) is 110 Å². The van der Waals surface area contributed by atoms with E-state index < -0.39 is 0 Å². The topological polar surface area (TPSA) is 8.17 Å². The Morgan fingerprint density at radius 2 is 1.33 bits per heavy atom. The molecule has 2 aliphatic rings. The van der Waals surface area contributed by atoms with Crippen LogP contribution >= 0.6 is 0 Å². The van der Waals surface area contributed by atoms with E-state index in [1.807, 2.05) is 0 Å². The van der Waals surface area contributed by atoms with Crippen molar-refractivity contribution in [2.24, 2.45) is 5.92 Å². The van der Waals surface area contributed by atoms with Crippen LogP contribution in [0.2, 0.25) is 0 Å². The molecule has 0 saturated carbocycles. The smallest absolute Gasteiger partial charge is 0.0547 e. The Labute approximate surface area is 263 Å². The van der Waals surface area contributed by atoms with Gasteiger partial charge in [-0.15, -0.1) is 0 Å². The molecule has 0 N–H and O–H groups in total. The number of nitrogens with zero attached hydrogens (tertiary/aromatic N) is 2. The van der Waals surface area contributed by atoms with Gasteiger partial charge in [0, 0.05) is 33.5 Å². The molecule has 1 unspecified atom stereocenters. The average Bonchev–Trinajstić information content (AvgIpc) is 3.19. The summed E-state index contributed by atoms with van der Waals surface area (Å²) in [6.45, 7) is 2.25. The van der Waals surface area contributed by atoms with Gasteiger partial charge in [0.05, 0.1) is 11.0 Å². The summed E-state index contributed by atoms with van der Waals surface area (Å²) in [7, 11) is 0. The highest BCUT2D eigenvalue weighted by atomic mass is 15.1. The monoisotopic (exact) mass is 576 g/mol. The van der Waals surface area contributed by atoms with Crippen molar-refractivity contribution in [2.45, 2.75) is 13.3 Å². The maximum absolute atomic E-state index is 2.43. The summed E-state index contributed by atoms with van der Waals surface area (Å²) in [4.78, 5) is 2.41. The third-order valence-corrected chi connectivity index (χ3v) is 9.52. The first-order valence-electron chi connectivity index (χ1n) is 15.9. The van der Waals surface area contributed by atoms with Gasteiger partial charge in [-0.3, -0.25) is 0 Å². The Morgan fingerprint density at radius 1 is 0.578 bits per heavy atom. The standard InChI is InChI=1S/C43H32N2/c1-2-29-13-9-10-19-33(27-29)44(31-15-5-3-6-16-31)34-24-25-35-36-21-12-22-39-42(36)43-40(45(39)32-17-7-4-8-18-32)26-23-30-14-11-20-37(41(30)43)38(35)28-34/h3-29H,2H2,1H3. The van der Waals surface area contributed by atoms with Gasteiger partial charge >= 0.3 is 0 Å². The lowest BCUT2D eigenvalue weighted by Crippen LogP contribution is -2.16. The van der Waals surface area contributed by atoms with E-state index in [9.17, 15) is 0 Å². The van der Waals surface area contributed by atoms with Crippen LogP contribution in [0.15, 0.2) is 163 Å². The number of fused-ring (bicyclic) bond motifs is 3. The maximum atomic E-state index is 2.43. The van der Waals surface area contributed by atoms with Crippen LogP contribution in [0.1, 0.15) is 13.3 Å². The van der Waals surface area contributed by atoms with Crippen LogP contribution < -0.4 is 4.90 Å². The highest BCUT2D eigenvalue weighted by Gasteiger charge is 2.26. The molecule has 214 valence electrons. The maximum Gasteiger partial charge on any atom is 0.0547 e. The van der Waals surface area contributed by atoms with E-state index in [0.717, 1.165) is 17.8 Å². The van der Waals surface area contributed by atoms with Gasteiger partial charge in [0.15, 0.2) is 0 Å². The van der Waals surface area contributed by atoms with E-state index in [4.69, 9.17) is 0 Å². The molecule has 0 fully saturated rings. The van der Waals surface area contributed by atoms with Crippen molar-refractivity contribution in [1.82, 2.24) is 4.57 Å². The van der Waals surface area contributed by atoms with Gasteiger partial charge in [-0.2, -0.15) is 0 Å². The summed E-state index contributed by atoms with van der Waals surface area (Å²) < 4.78 is 2.43. The van der Waals surface area contributed by atoms with Gasteiger partial charge in [0.2, 0.25) is 0 Å². The van der Waals surface area contributed by atoms with Crippen LogP contribution in [-0.4, -0.2) is 4.57 Å². The van der Waals surface area contributed by atoms with Gasteiger partial charge in [-0.25, -0.2) is 0 Å². The number of rotatable bonds is 5. The van der Waals surface area contributed by atoms with E-state index in [0.29, 0.717) is 5.92 Å². The Hall–Kier alpha value is -5.60. The predicted molar refractivity (Wildman–Crippen MR) is 191 cm³/mol. The molecule has 1 heterocycles. The second-order valence-corrected chi connectivity index (χ2v) is 12.0. The van der Waals surface area contributed by atoms with E-state index in [2.05, 4.69) is 174 Å². The van der Waals surface area contributed by atoms with Crippen molar-refractivity contribution >= 4 is 44.0 Å². The van der Waals surface area contributed by atoms with E-state index in [1.54, 1.807) is 0 Å². The number of allylic oxidation sites excluding steroid dienone is 5. The third-order valence-electron chi connectivity index (χ3n) is 9.52. The largest absolute Gasteiger partial charge is 0.311 e. The van der Waals surface area contributed by atoms with Crippen molar-refractivity contribution in [3.05, 3.63) is 163 Å². The van der Waals surface area contributed by atoms with Crippen molar-refractivity contribution in [3.63, 3.8) is 0 Å². The summed E-state index contributed by atoms with van der Waals surface area (Å²) in [5.41, 5.74) is 12.3. The molecule has 45 heavy (non-hydrogen) atoms. The minimum Gasteiger partial charge on any atom is -0.311 e. The molecular formula is C43H32N2. The van der Waals surface area contributed by atoms with Gasteiger partial charge in [0.25, 0.3) is 0 Å². The van der Waals surface area contributed by atoms with Gasteiger partial charge < -0.3 is 9.47 Å². The van der Waals surface area contributed by atoms with Crippen LogP contribution in [-0.2, 0) is 0 Å². The second kappa shape index (κ2) is 10.2. The van der Waals surface area contributed by atoms with Crippen molar-refractivity contribution in [3.8, 4) is 27.9 Å². The SMILES string of the molecule is CCC1C=CC=CC(N(c2ccccc2)c2ccc3c(c2)-c2cccc4ccc5c(c24)c2c-3cccc2n5-c2ccccc2)=C1. The first-order valence-corrected chi connectivity index (χ1v) is 15.9. The van der Waals surface area contributed by atoms with Crippen LogP contribution in [0.5, 0.6) is 0 Å². The fraction of sp³-hybridized carbons (Fsp3) is 0.0698. The fourth-order valence-electron chi connectivity index (χ4n) is 7.48. The summed E-state index contributed by atoms with van der Waals surface area (Å²) >= 11 is 0. The lowest BCUT2D eigenvalue weighted by molar-refractivity contribution is 0.769. The quantitative estimate of drug-likeness (QED) is 0.198.